The van der Waals surface area contributed by atoms with Crippen LogP contribution in [0.5, 0.6) is 0 Å². The van der Waals surface area contributed by atoms with Crippen LogP contribution in [0.1, 0.15) is 50.6 Å². The van der Waals surface area contributed by atoms with Gasteiger partial charge in [-0.3, -0.25) is 14.9 Å². The highest BCUT2D eigenvalue weighted by Gasteiger charge is 2.30. The summed E-state index contributed by atoms with van der Waals surface area (Å²) >= 11 is 0. The summed E-state index contributed by atoms with van der Waals surface area (Å²) < 4.78 is 0. The summed E-state index contributed by atoms with van der Waals surface area (Å²) in [6.07, 6.45) is 6.25. The third-order valence-electron chi connectivity index (χ3n) is 6.64. The van der Waals surface area contributed by atoms with Crippen LogP contribution in [0.25, 0.3) is 10.8 Å². The van der Waals surface area contributed by atoms with Crippen molar-refractivity contribution >= 4 is 28.5 Å². The summed E-state index contributed by atoms with van der Waals surface area (Å²) in [5.74, 6) is 0.129. The van der Waals surface area contributed by atoms with E-state index >= 15 is 0 Å². The van der Waals surface area contributed by atoms with Gasteiger partial charge in [-0.05, 0) is 55.4 Å². The fraction of sp³-hybridized carbons (Fsp3) is 0.462. The number of nitriles is 1. The van der Waals surface area contributed by atoms with E-state index in [0.29, 0.717) is 13.0 Å². The van der Waals surface area contributed by atoms with Crippen LogP contribution in [-0.2, 0) is 9.59 Å². The van der Waals surface area contributed by atoms with Crippen LogP contribution in [0.4, 0.5) is 0 Å². The second-order valence-corrected chi connectivity index (χ2v) is 9.01. The molecule has 2 heterocycles. The smallest absolute Gasteiger partial charge is 0.247 e. The predicted octanol–water partition coefficient (Wildman–Crippen LogP) is 2.92. The zero-order chi connectivity index (χ0) is 23.9. The Morgan fingerprint density at radius 3 is 2.65 bits per heavy atom. The first-order valence-electron chi connectivity index (χ1n) is 12.1. The highest BCUT2D eigenvalue weighted by atomic mass is 16.2. The van der Waals surface area contributed by atoms with Crippen molar-refractivity contribution in [3.05, 3.63) is 48.0 Å². The molecule has 2 amide bonds. The van der Waals surface area contributed by atoms with Gasteiger partial charge in [-0.1, -0.05) is 42.5 Å². The van der Waals surface area contributed by atoms with Crippen molar-refractivity contribution in [1.29, 1.82) is 5.26 Å². The van der Waals surface area contributed by atoms with Gasteiger partial charge in [0.1, 0.15) is 6.04 Å². The Kier molecular flexibility index (Phi) is 7.63. The lowest BCUT2D eigenvalue weighted by molar-refractivity contribution is -0.140. The first-order chi connectivity index (χ1) is 16.6. The van der Waals surface area contributed by atoms with Crippen LogP contribution in [0, 0.1) is 11.5 Å². The van der Waals surface area contributed by atoms with Crippen molar-refractivity contribution in [2.45, 2.75) is 51.1 Å². The van der Waals surface area contributed by atoms with E-state index in [1.165, 1.54) is 0 Å². The molecule has 2 aromatic rings. The topological polar surface area (TPSA) is 101 Å². The number of benzene rings is 2. The molecule has 0 radical (unpaired) electrons. The Bertz CT molecular complexity index is 1100. The number of carbonyl (C=O) groups is 2. The minimum atomic E-state index is -0.628. The molecule has 2 aromatic carbocycles. The standard InChI is InChI=1S/C26H32N6O2/c1-19(21-12-8-10-20-9-2-3-11-22(20)21)29-26(28-18-27)30-23-13-4-5-16-32(25(23)34)17-24(33)31-14-6-7-15-31/h2-3,8-12,19,23H,4-7,13-17H2,1H3,(H2,28,29,30). The minimum Gasteiger partial charge on any atom is -0.349 e. The lowest BCUT2D eigenvalue weighted by Gasteiger charge is -2.25. The van der Waals surface area contributed by atoms with Crippen LogP contribution < -0.4 is 10.6 Å². The molecule has 8 heteroatoms. The lowest BCUT2D eigenvalue weighted by atomic mass is 10.00. The number of carbonyl (C=O) groups excluding carboxylic acids is 2. The van der Waals surface area contributed by atoms with Gasteiger partial charge in [0.05, 0.1) is 12.6 Å². The van der Waals surface area contributed by atoms with Gasteiger partial charge in [-0.2, -0.15) is 5.26 Å². The molecule has 0 spiro atoms. The number of nitrogens with one attached hydrogen (secondary N) is 2. The zero-order valence-corrected chi connectivity index (χ0v) is 19.7. The van der Waals surface area contributed by atoms with E-state index in [9.17, 15) is 14.9 Å². The summed E-state index contributed by atoms with van der Waals surface area (Å²) in [6.45, 7) is 4.21. The molecule has 34 heavy (non-hydrogen) atoms. The number of guanidine groups is 1. The molecule has 2 N–H and O–H groups in total. The Morgan fingerprint density at radius 1 is 1.12 bits per heavy atom. The average Bonchev–Trinajstić information content (AvgIpc) is 3.34. The van der Waals surface area contributed by atoms with E-state index in [1.807, 2.05) is 42.3 Å². The largest absolute Gasteiger partial charge is 0.349 e. The van der Waals surface area contributed by atoms with Crippen LogP contribution in [0.15, 0.2) is 47.5 Å². The number of hydrogen-bond donors (Lipinski definition) is 2. The van der Waals surface area contributed by atoms with Gasteiger partial charge in [0, 0.05) is 19.6 Å². The summed E-state index contributed by atoms with van der Waals surface area (Å²) in [6, 6.07) is 13.5. The Hall–Kier alpha value is -3.60. The summed E-state index contributed by atoms with van der Waals surface area (Å²) in [5.41, 5.74) is 1.08. The zero-order valence-electron chi connectivity index (χ0n) is 19.7. The molecule has 2 atom stereocenters. The number of fused-ring (bicyclic) bond motifs is 1. The number of amides is 2. The van der Waals surface area contributed by atoms with E-state index < -0.39 is 6.04 Å². The first-order valence-corrected chi connectivity index (χ1v) is 12.1. The first kappa shape index (κ1) is 23.6. The van der Waals surface area contributed by atoms with Gasteiger partial charge in [0.25, 0.3) is 0 Å². The molecule has 0 aliphatic carbocycles. The number of nitrogens with zero attached hydrogens (tertiary/aromatic N) is 4. The number of aliphatic imine (C=N–C) groups is 1. The highest BCUT2D eigenvalue weighted by molar-refractivity contribution is 5.91. The maximum absolute atomic E-state index is 13.3. The SMILES string of the molecule is CC(NC(=NC1CCCCN(CC(=O)N2CCCC2)C1=O)NC#N)c1cccc2ccccc12. The molecule has 2 saturated heterocycles. The maximum Gasteiger partial charge on any atom is 0.247 e. The summed E-state index contributed by atoms with van der Waals surface area (Å²) in [5, 5.41) is 17.5. The van der Waals surface area contributed by atoms with Crippen LogP contribution in [-0.4, -0.2) is 59.8 Å². The average molecular weight is 461 g/mol. The van der Waals surface area contributed by atoms with Gasteiger partial charge in [0.15, 0.2) is 6.19 Å². The molecule has 0 bridgehead atoms. The van der Waals surface area contributed by atoms with Crippen molar-refractivity contribution in [3.63, 3.8) is 0 Å². The molecule has 0 aromatic heterocycles. The number of hydrogen-bond acceptors (Lipinski definition) is 4. The van der Waals surface area contributed by atoms with Gasteiger partial charge in [-0.15, -0.1) is 0 Å². The van der Waals surface area contributed by atoms with Crippen molar-refractivity contribution in [2.24, 2.45) is 4.99 Å². The summed E-state index contributed by atoms with van der Waals surface area (Å²) in [4.78, 5) is 34.0. The fourth-order valence-electron chi connectivity index (χ4n) is 4.82. The second kappa shape index (κ2) is 11.0. The van der Waals surface area contributed by atoms with Gasteiger partial charge < -0.3 is 15.1 Å². The minimum absolute atomic E-state index is 0.00792. The molecular formula is C26H32N6O2. The van der Waals surface area contributed by atoms with Crippen molar-refractivity contribution < 1.29 is 9.59 Å². The van der Waals surface area contributed by atoms with Gasteiger partial charge in [0.2, 0.25) is 17.8 Å². The molecule has 4 rings (SSSR count). The Labute approximate surface area is 200 Å². The van der Waals surface area contributed by atoms with E-state index in [4.69, 9.17) is 0 Å². The van der Waals surface area contributed by atoms with E-state index in [0.717, 1.165) is 55.1 Å². The molecule has 8 nitrogen and oxygen atoms in total. The third-order valence-corrected chi connectivity index (χ3v) is 6.64. The lowest BCUT2D eigenvalue weighted by Crippen LogP contribution is -2.45. The second-order valence-electron chi connectivity index (χ2n) is 9.01. The molecular weight excluding hydrogens is 428 g/mol. The van der Waals surface area contributed by atoms with Crippen molar-refractivity contribution in [3.8, 4) is 6.19 Å². The van der Waals surface area contributed by atoms with Crippen molar-refractivity contribution in [2.75, 3.05) is 26.2 Å². The monoisotopic (exact) mass is 460 g/mol. The van der Waals surface area contributed by atoms with E-state index in [-0.39, 0.29) is 30.4 Å². The molecule has 2 unspecified atom stereocenters. The van der Waals surface area contributed by atoms with Crippen LogP contribution >= 0.6 is 0 Å². The van der Waals surface area contributed by atoms with E-state index in [2.05, 4.69) is 33.8 Å². The molecule has 2 aliphatic rings. The number of likely N-dealkylation sites (tertiary alicyclic amines) is 2. The van der Waals surface area contributed by atoms with Crippen LogP contribution in [0.3, 0.4) is 0 Å². The molecule has 178 valence electrons. The highest BCUT2D eigenvalue weighted by Crippen LogP contribution is 2.24. The Balaban J connectivity index is 1.50. The van der Waals surface area contributed by atoms with Crippen LogP contribution in [0.2, 0.25) is 0 Å². The predicted molar refractivity (Wildman–Crippen MR) is 132 cm³/mol. The quantitative estimate of drug-likeness (QED) is 0.309. The van der Waals surface area contributed by atoms with Crippen molar-refractivity contribution in [1.82, 2.24) is 20.4 Å². The van der Waals surface area contributed by atoms with E-state index in [1.54, 1.807) is 4.90 Å². The summed E-state index contributed by atoms with van der Waals surface area (Å²) in [7, 11) is 0. The fourth-order valence-corrected chi connectivity index (χ4v) is 4.82. The number of rotatable bonds is 5. The Morgan fingerprint density at radius 2 is 1.85 bits per heavy atom. The third kappa shape index (κ3) is 5.48. The normalized spacial score (nSPS) is 20.1. The maximum atomic E-state index is 13.3. The van der Waals surface area contributed by atoms with Gasteiger partial charge in [-0.25, -0.2) is 4.99 Å². The molecule has 2 aliphatic heterocycles. The van der Waals surface area contributed by atoms with Gasteiger partial charge >= 0.3 is 0 Å². The molecule has 0 saturated carbocycles. The molecule has 2 fully saturated rings.